The summed E-state index contributed by atoms with van der Waals surface area (Å²) in [7, 11) is 0. The Bertz CT molecular complexity index is 629. The molecule has 0 saturated carbocycles. The van der Waals surface area contributed by atoms with Gasteiger partial charge < -0.3 is 4.90 Å². The Labute approximate surface area is 123 Å². The molecule has 0 saturated heterocycles. The van der Waals surface area contributed by atoms with Crippen LogP contribution in [-0.2, 0) is 13.0 Å². The zero-order valence-corrected chi connectivity index (χ0v) is 12.2. The van der Waals surface area contributed by atoms with Gasteiger partial charge in [-0.05, 0) is 29.7 Å². The Hall–Kier alpha value is -1.40. The molecule has 2 heterocycles. The molecule has 1 N–H and O–H groups in total. The lowest BCUT2D eigenvalue weighted by Crippen LogP contribution is -2.36. The lowest BCUT2D eigenvalue weighted by molar-refractivity contribution is 0.0728. The standard InChI is InChI=1S/C12H10BrClN4O/c13-9-1-2-10(14)7-3-4-18(6-8(7)9)12(19)11-5-15-17-16-11/h1-2,5H,3-4,6H2,(H,15,16,17). The van der Waals surface area contributed by atoms with Crippen LogP contribution in [0.2, 0.25) is 5.02 Å². The molecule has 0 radical (unpaired) electrons. The van der Waals surface area contributed by atoms with E-state index >= 15 is 0 Å². The highest BCUT2D eigenvalue weighted by Gasteiger charge is 2.25. The van der Waals surface area contributed by atoms with Crippen LogP contribution in [0.4, 0.5) is 0 Å². The van der Waals surface area contributed by atoms with Gasteiger partial charge in [-0.3, -0.25) is 4.79 Å². The van der Waals surface area contributed by atoms with Gasteiger partial charge in [0.1, 0.15) is 0 Å². The quantitative estimate of drug-likeness (QED) is 0.866. The number of benzene rings is 1. The minimum absolute atomic E-state index is 0.119. The molecule has 98 valence electrons. The van der Waals surface area contributed by atoms with E-state index in [0.717, 1.165) is 27.0 Å². The van der Waals surface area contributed by atoms with Crippen molar-refractivity contribution >= 4 is 33.4 Å². The molecular formula is C12H10BrClN4O. The van der Waals surface area contributed by atoms with E-state index in [9.17, 15) is 4.79 Å². The first-order valence-corrected chi connectivity index (χ1v) is 6.94. The van der Waals surface area contributed by atoms with Crippen LogP contribution in [-0.4, -0.2) is 32.8 Å². The number of H-pyrrole nitrogens is 1. The fourth-order valence-electron chi connectivity index (χ4n) is 2.23. The van der Waals surface area contributed by atoms with Crippen LogP contribution in [0.25, 0.3) is 0 Å². The number of hydrogen-bond donors (Lipinski definition) is 1. The number of fused-ring (bicyclic) bond motifs is 1. The van der Waals surface area contributed by atoms with Gasteiger partial charge in [0.15, 0.2) is 5.69 Å². The molecule has 1 aromatic heterocycles. The number of carbonyl (C=O) groups is 1. The molecule has 19 heavy (non-hydrogen) atoms. The van der Waals surface area contributed by atoms with Crippen molar-refractivity contribution in [3.8, 4) is 0 Å². The SMILES string of the molecule is O=C(c1cn[nH]n1)N1CCc2c(Cl)ccc(Br)c2C1. The Balaban J connectivity index is 1.90. The van der Waals surface area contributed by atoms with Crippen molar-refractivity contribution in [2.75, 3.05) is 6.54 Å². The summed E-state index contributed by atoms with van der Waals surface area (Å²) in [5.74, 6) is -0.119. The minimum Gasteiger partial charge on any atom is -0.332 e. The van der Waals surface area contributed by atoms with Gasteiger partial charge in [-0.2, -0.15) is 15.4 Å². The summed E-state index contributed by atoms with van der Waals surface area (Å²) in [6, 6.07) is 3.78. The number of halogens is 2. The summed E-state index contributed by atoms with van der Waals surface area (Å²) in [5.41, 5.74) is 2.51. The number of hydrogen-bond acceptors (Lipinski definition) is 3. The monoisotopic (exact) mass is 340 g/mol. The fourth-order valence-corrected chi connectivity index (χ4v) is 3.00. The molecular weight excluding hydrogens is 332 g/mol. The second-order valence-corrected chi connectivity index (χ2v) is 5.58. The van der Waals surface area contributed by atoms with Crippen molar-refractivity contribution in [3.63, 3.8) is 0 Å². The summed E-state index contributed by atoms with van der Waals surface area (Å²) in [4.78, 5) is 14.0. The zero-order valence-electron chi connectivity index (χ0n) is 9.86. The van der Waals surface area contributed by atoms with Crippen LogP contribution in [0, 0.1) is 0 Å². The second kappa shape index (κ2) is 4.94. The molecule has 0 unspecified atom stereocenters. The summed E-state index contributed by atoms with van der Waals surface area (Å²) in [6.45, 7) is 1.16. The lowest BCUT2D eigenvalue weighted by Gasteiger charge is -2.29. The van der Waals surface area contributed by atoms with E-state index in [0.29, 0.717) is 18.8 Å². The maximum absolute atomic E-state index is 12.2. The fraction of sp³-hybridized carbons (Fsp3) is 0.250. The van der Waals surface area contributed by atoms with E-state index in [1.54, 1.807) is 4.90 Å². The largest absolute Gasteiger partial charge is 0.332 e. The van der Waals surface area contributed by atoms with Gasteiger partial charge in [0.2, 0.25) is 0 Å². The highest BCUT2D eigenvalue weighted by molar-refractivity contribution is 9.10. The average molecular weight is 342 g/mol. The molecule has 0 aliphatic carbocycles. The number of aromatic nitrogens is 3. The molecule has 0 atom stereocenters. The average Bonchev–Trinajstić information content (AvgIpc) is 2.96. The Kier molecular flexibility index (Phi) is 3.28. The highest BCUT2D eigenvalue weighted by atomic mass is 79.9. The number of rotatable bonds is 1. The topological polar surface area (TPSA) is 61.9 Å². The number of nitrogens with one attached hydrogen (secondary N) is 1. The summed E-state index contributed by atoms with van der Waals surface area (Å²) >= 11 is 9.70. The van der Waals surface area contributed by atoms with Gasteiger partial charge in [-0.1, -0.05) is 27.5 Å². The van der Waals surface area contributed by atoms with Crippen LogP contribution in [0.15, 0.2) is 22.8 Å². The van der Waals surface area contributed by atoms with Crippen molar-refractivity contribution in [1.82, 2.24) is 20.3 Å². The smallest absolute Gasteiger partial charge is 0.276 e. The van der Waals surface area contributed by atoms with Crippen LogP contribution in [0.5, 0.6) is 0 Å². The van der Waals surface area contributed by atoms with Gasteiger partial charge in [0, 0.05) is 22.6 Å². The lowest BCUT2D eigenvalue weighted by atomic mass is 9.99. The van der Waals surface area contributed by atoms with Crippen LogP contribution < -0.4 is 0 Å². The van der Waals surface area contributed by atoms with E-state index in [-0.39, 0.29) is 5.91 Å². The molecule has 5 nitrogen and oxygen atoms in total. The van der Waals surface area contributed by atoms with Gasteiger partial charge in [-0.15, -0.1) is 0 Å². The van der Waals surface area contributed by atoms with Gasteiger partial charge >= 0.3 is 0 Å². The molecule has 1 aliphatic rings. The molecule has 7 heteroatoms. The number of carbonyl (C=O) groups excluding carboxylic acids is 1. The molecule has 1 aromatic carbocycles. The van der Waals surface area contributed by atoms with Gasteiger partial charge in [0.25, 0.3) is 5.91 Å². The van der Waals surface area contributed by atoms with E-state index < -0.39 is 0 Å². The van der Waals surface area contributed by atoms with E-state index in [2.05, 4.69) is 31.3 Å². The van der Waals surface area contributed by atoms with E-state index in [1.165, 1.54) is 6.20 Å². The van der Waals surface area contributed by atoms with Crippen molar-refractivity contribution in [2.24, 2.45) is 0 Å². The third-order valence-corrected chi connectivity index (χ3v) is 4.32. The Morgan fingerprint density at radius 3 is 3.00 bits per heavy atom. The molecule has 0 bridgehead atoms. The molecule has 1 amide bonds. The van der Waals surface area contributed by atoms with Crippen molar-refractivity contribution in [2.45, 2.75) is 13.0 Å². The third-order valence-electron chi connectivity index (χ3n) is 3.22. The minimum atomic E-state index is -0.119. The zero-order chi connectivity index (χ0) is 13.4. The predicted octanol–water partition coefficient (Wildman–Crippen LogP) is 2.42. The molecule has 2 aromatic rings. The highest BCUT2D eigenvalue weighted by Crippen LogP contribution is 2.32. The number of amides is 1. The van der Waals surface area contributed by atoms with Crippen LogP contribution >= 0.6 is 27.5 Å². The Morgan fingerprint density at radius 1 is 1.42 bits per heavy atom. The molecule has 1 aliphatic heterocycles. The van der Waals surface area contributed by atoms with E-state index in [1.807, 2.05) is 12.1 Å². The normalized spacial score (nSPS) is 14.3. The number of nitrogens with zero attached hydrogens (tertiary/aromatic N) is 3. The second-order valence-electron chi connectivity index (χ2n) is 4.32. The summed E-state index contributed by atoms with van der Waals surface area (Å²) < 4.78 is 0.976. The molecule has 3 rings (SSSR count). The third kappa shape index (κ3) is 2.26. The molecule has 0 fully saturated rings. The number of aromatic amines is 1. The molecule has 0 spiro atoms. The predicted molar refractivity (Wildman–Crippen MR) is 74.0 cm³/mol. The van der Waals surface area contributed by atoms with Crippen LogP contribution in [0.1, 0.15) is 21.6 Å². The first-order valence-electron chi connectivity index (χ1n) is 5.77. The van der Waals surface area contributed by atoms with Crippen LogP contribution in [0.3, 0.4) is 0 Å². The Morgan fingerprint density at radius 2 is 2.26 bits per heavy atom. The summed E-state index contributed by atoms with van der Waals surface area (Å²) in [5, 5.41) is 10.7. The maximum atomic E-state index is 12.2. The van der Waals surface area contributed by atoms with Crippen molar-refractivity contribution < 1.29 is 4.79 Å². The summed E-state index contributed by atoms with van der Waals surface area (Å²) in [6.07, 6.45) is 2.18. The first kappa shape index (κ1) is 12.6. The van der Waals surface area contributed by atoms with Gasteiger partial charge in [-0.25, -0.2) is 0 Å². The van der Waals surface area contributed by atoms with Crippen molar-refractivity contribution in [1.29, 1.82) is 0 Å². The first-order chi connectivity index (χ1) is 9.16. The maximum Gasteiger partial charge on any atom is 0.276 e. The van der Waals surface area contributed by atoms with Gasteiger partial charge in [0.05, 0.1) is 6.20 Å². The van der Waals surface area contributed by atoms with Crippen molar-refractivity contribution in [3.05, 3.63) is 44.6 Å². The van der Waals surface area contributed by atoms with E-state index in [4.69, 9.17) is 11.6 Å².